The Balaban J connectivity index is 2.08. The quantitative estimate of drug-likeness (QED) is 0.852. The minimum absolute atomic E-state index is 0.205. The largest absolute Gasteiger partial charge is 0.493 e. The standard InChI is InChI=1S/C18H21NO4S/c1-22-17-11-10-15(13-18(17)23-2)24(20,21)19-12-6-5-8-14-7-3-4-9-16(14)19/h3-4,7,9-11,13H,5-6,8,12H2,1-2H3. The number of anilines is 1. The second-order valence-corrected chi connectivity index (χ2v) is 7.54. The Labute approximate surface area is 142 Å². The van der Waals surface area contributed by atoms with Crippen molar-refractivity contribution in [1.82, 2.24) is 0 Å². The summed E-state index contributed by atoms with van der Waals surface area (Å²) >= 11 is 0. The number of ether oxygens (including phenoxy) is 2. The molecule has 1 aliphatic heterocycles. The predicted octanol–water partition coefficient (Wildman–Crippen LogP) is 3.24. The minimum atomic E-state index is -3.66. The van der Waals surface area contributed by atoms with Gasteiger partial charge in [-0.05, 0) is 43.0 Å². The van der Waals surface area contributed by atoms with Crippen LogP contribution in [-0.4, -0.2) is 29.2 Å². The lowest BCUT2D eigenvalue weighted by atomic mass is 10.1. The summed E-state index contributed by atoms with van der Waals surface area (Å²) in [5, 5.41) is 0. The van der Waals surface area contributed by atoms with E-state index < -0.39 is 10.0 Å². The maximum absolute atomic E-state index is 13.2. The lowest BCUT2D eigenvalue weighted by Crippen LogP contribution is -2.31. The number of hydrogen-bond acceptors (Lipinski definition) is 4. The molecule has 0 radical (unpaired) electrons. The van der Waals surface area contributed by atoms with Gasteiger partial charge in [0.2, 0.25) is 0 Å². The van der Waals surface area contributed by atoms with E-state index >= 15 is 0 Å². The number of hydrogen-bond donors (Lipinski definition) is 0. The van der Waals surface area contributed by atoms with Crippen LogP contribution in [0.25, 0.3) is 0 Å². The lowest BCUT2D eigenvalue weighted by Gasteiger charge is -2.25. The second-order valence-electron chi connectivity index (χ2n) is 5.68. The molecule has 0 atom stereocenters. The first kappa shape index (κ1) is 16.6. The zero-order valence-electron chi connectivity index (χ0n) is 13.9. The highest BCUT2D eigenvalue weighted by atomic mass is 32.2. The average Bonchev–Trinajstić information content (AvgIpc) is 2.84. The van der Waals surface area contributed by atoms with E-state index in [1.807, 2.05) is 24.3 Å². The van der Waals surface area contributed by atoms with E-state index in [-0.39, 0.29) is 4.90 Å². The summed E-state index contributed by atoms with van der Waals surface area (Å²) in [5.74, 6) is 0.911. The van der Waals surface area contributed by atoms with Gasteiger partial charge in [0.05, 0.1) is 24.8 Å². The Morgan fingerprint density at radius 1 is 0.958 bits per heavy atom. The van der Waals surface area contributed by atoms with E-state index in [1.165, 1.54) is 24.6 Å². The number of para-hydroxylation sites is 1. The van der Waals surface area contributed by atoms with Gasteiger partial charge in [0.1, 0.15) is 0 Å². The molecule has 6 heteroatoms. The third-order valence-corrected chi connectivity index (χ3v) is 6.07. The fourth-order valence-corrected chi connectivity index (χ4v) is 4.57. The van der Waals surface area contributed by atoms with Gasteiger partial charge in [-0.2, -0.15) is 0 Å². The van der Waals surface area contributed by atoms with E-state index in [1.54, 1.807) is 12.1 Å². The van der Waals surface area contributed by atoms with Crippen LogP contribution in [0.15, 0.2) is 47.4 Å². The SMILES string of the molecule is COc1ccc(S(=O)(=O)N2CCCCc3ccccc32)cc1OC. The first-order chi connectivity index (χ1) is 11.6. The van der Waals surface area contributed by atoms with Crippen LogP contribution in [0.5, 0.6) is 11.5 Å². The minimum Gasteiger partial charge on any atom is -0.493 e. The number of fused-ring (bicyclic) bond motifs is 1. The number of nitrogens with zero attached hydrogens (tertiary/aromatic N) is 1. The third kappa shape index (κ3) is 2.94. The number of methoxy groups -OCH3 is 2. The van der Waals surface area contributed by atoms with Crippen LogP contribution in [0.4, 0.5) is 5.69 Å². The summed E-state index contributed by atoms with van der Waals surface area (Å²) in [6.07, 6.45) is 2.71. The van der Waals surface area contributed by atoms with Gasteiger partial charge in [-0.15, -0.1) is 0 Å². The van der Waals surface area contributed by atoms with Crippen molar-refractivity contribution < 1.29 is 17.9 Å². The number of rotatable bonds is 4. The number of aryl methyl sites for hydroxylation is 1. The van der Waals surface area contributed by atoms with Crippen LogP contribution >= 0.6 is 0 Å². The molecule has 0 amide bonds. The third-order valence-electron chi connectivity index (χ3n) is 4.26. The summed E-state index contributed by atoms with van der Waals surface area (Å²) in [5.41, 5.74) is 1.84. The van der Waals surface area contributed by atoms with Gasteiger partial charge in [-0.1, -0.05) is 18.2 Å². The number of benzene rings is 2. The van der Waals surface area contributed by atoms with Gasteiger partial charge >= 0.3 is 0 Å². The highest BCUT2D eigenvalue weighted by molar-refractivity contribution is 7.92. The van der Waals surface area contributed by atoms with Gasteiger partial charge in [0.25, 0.3) is 10.0 Å². The average molecular weight is 347 g/mol. The molecule has 0 bridgehead atoms. The van der Waals surface area contributed by atoms with Crippen molar-refractivity contribution in [2.24, 2.45) is 0 Å². The first-order valence-electron chi connectivity index (χ1n) is 7.90. The van der Waals surface area contributed by atoms with Crippen LogP contribution in [0, 0.1) is 0 Å². The van der Waals surface area contributed by atoms with Gasteiger partial charge in [0.15, 0.2) is 11.5 Å². The van der Waals surface area contributed by atoms with Crippen molar-refractivity contribution in [3.8, 4) is 11.5 Å². The van der Waals surface area contributed by atoms with E-state index in [4.69, 9.17) is 9.47 Å². The molecule has 2 aromatic rings. The fraction of sp³-hybridized carbons (Fsp3) is 0.333. The van der Waals surface area contributed by atoms with Crippen LogP contribution in [0.2, 0.25) is 0 Å². The molecular formula is C18H21NO4S. The Bertz CT molecular complexity index is 833. The summed E-state index contributed by atoms with van der Waals surface area (Å²) in [7, 11) is -0.638. The van der Waals surface area contributed by atoms with Crippen LogP contribution in [0.1, 0.15) is 18.4 Å². The summed E-state index contributed by atoms with van der Waals surface area (Å²) in [6.45, 7) is 0.480. The zero-order valence-corrected chi connectivity index (χ0v) is 14.7. The molecule has 5 nitrogen and oxygen atoms in total. The van der Waals surface area contributed by atoms with Crippen LogP contribution in [0.3, 0.4) is 0 Å². The van der Waals surface area contributed by atoms with Crippen molar-refractivity contribution in [2.45, 2.75) is 24.2 Å². The highest BCUT2D eigenvalue weighted by Crippen LogP contribution is 2.34. The predicted molar refractivity (Wildman–Crippen MR) is 93.5 cm³/mol. The molecule has 24 heavy (non-hydrogen) atoms. The van der Waals surface area contributed by atoms with Crippen molar-refractivity contribution in [3.05, 3.63) is 48.0 Å². The first-order valence-corrected chi connectivity index (χ1v) is 9.34. The van der Waals surface area contributed by atoms with Gasteiger partial charge < -0.3 is 9.47 Å². The molecule has 2 aromatic carbocycles. The van der Waals surface area contributed by atoms with Crippen LogP contribution in [-0.2, 0) is 16.4 Å². The van der Waals surface area contributed by atoms with E-state index in [0.717, 1.165) is 30.5 Å². The monoisotopic (exact) mass is 347 g/mol. The highest BCUT2D eigenvalue weighted by Gasteiger charge is 2.28. The second kappa shape index (κ2) is 6.73. The molecule has 0 spiro atoms. The lowest BCUT2D eigenvalue weighted by molar-refractivity contribution is 0.354. The molecule has 0 unspecified atom stereocenters. The Hall–Kier alpha value is -2.21. The smallest absolute Gasteiger partial charge is 0.264 e. The fourth-order valence-electron chi connectivity index (χ4n) is 3.01. The summed E-state index contributed by atoms with van der Waals surface area (Å²) in [6, 6.07) is 12.4. The Kier molecular flexibility index (Phi) is 4.66. The molecule has 0 saturated carbocycles. The van der Waals surface area contributed by atoms with Crippen molar-refractivity contribution in [2.75, 3.05) is 25.1 Å². The maximum Gasteiger partial charge on any atom is 0.264 e. The molecule has 1 heterocycles. The molecule has 0 fully saturated rings. The summed E-state index contributed by atoms with van der Waals surface area (Å²) in [4.78, 5) is 0.205. The molecule has 0 aromatic heterocycles. The molecule has 0 aliphatic carbocycles. The van der Waals surface area contributed by atoms with E-state index in [0.29, 0.717) is 18.0 Å². The van der Waals surface area contributed by atoms with Crippen molar-refractivity contribution in [1.29, 1.82) is 0 Å². The van der Waals surface area contributed by atoms with Crippen molar-refractivity contribution in [3.63, 3.8) is 0 Å². The molecule has 3 rings (SSSR count). The maximum atomic E-state index is 13.2. The molecular weight excluding hydrogens is 326 g/mol. The van der Waals surface area contributed by atoms with E-state index in [2.05, 4.69) is 0 Å². The van der Waals surface area contributed by atoms with Gasteiger partial charge in [-0.25, -0.2) is 8.42 Å². The van der Waals surface area contributed by atoms with Gasteiger partial charge in [-0.3, -0.25) is 4.31 Å². The van der Waals surface area contributed by atoms with Gasteiger partial charge in [0, 0.05) is 12.6 Å². The Morgan fingerprint density at radius 2 is 1.71 bits per heavy atom. The van der Waals surface area contributed by atoms with Crippen LogP contribution < -0.4 is 13.8 Å². The Morgan fingerprint density at radius 3 is 2.46 bits per heavy atom. The molecule has 0 saturated heterocycles. The summed E-state index contributed by atoms with van der Waals surface area (Å²) < 4.78 is 38.3. The zero-order chi connectivity index (χ0) is 17.2. The van der Waals surface area contributed by atoms with Crippen molar-refractivity contribution >= 4 is 15.7 Å². The van der Waals surface area contributed by atoms with E-state index in [9.17, 15) is 8.42 Å². The molecule has 128 valence electrons. The topological polar surface area (TPSA) is 55.8 Å². The number of sulfonamides is 1. The molecule has 1 aliphatic rings. The molecule has 0 N–H and O–H groups in total. The normalized spacial score (nSPS) is 14.7.